The summed E-state index contributed by atoms with van der Waals surface area (Å²) in [6, 6.07) is 3.44. The molecular weight excluding hydrogens is 261 g/mol. The summed E-state index contributed by atoms with van der Waals surface area (Å²) in [5, 5.41) is 0. The van der Waals surface area contributed by atoms with Crippen LogP contribution in [-0.4, -0.2) is 23.9 Å². The van der Waals surface area contributed by atoms with Crippen molar-refractivity contribution in [3.05, 3.63) is 42.1 Å². The van der Waals surface area contributed by atoms with Gasteiger partial charge in [0.25, 0.3) is 5.91 Å². The van der Waals surface area contributed by atoms with Gasteiger partial charge in [-0.1, -0.05) is 12.6 Å². The van der Waals surface area contributed by atoms with E-state index in [1.807, 2.05) is 0 Å². The van der Waals surface area contributed by atoms with Gasteiger partial charge in [0.15, 0.2) is 0 Å². The molecule has 7 heteroatoms. The SMILES string of the molecule is C=C1C(=O)N(C)C(=O)N1c1cccc(C(F)(F)F)c1. The zero-order chi connectivity index (χ0) is 14.4. The van der Waals surface area contributed by atoms with E-state index in [-0.39, 0.29) is 11.4 Å². The highest BCUT2D eigenvalue weighted by molar-refractivity contribution is 6.20. The van der Waals surface area contributed by atoms with Crippen molar-refractivity contribution in [2.24, 2.45) is 0 Å². The van der Waals surface area contributed by atoms with Crippen molar-refractivity contribution in [1.82, 2.24) is 4.90 Å². The van der Waals surface area contributed by atoms with E-state index in [0.29, 0.717) is 0 Å². The molecule has 0 aromatic heterocycles. The van der Waals surface area contributed by atoms with Gasteiger partial charge in [0.1, 0.15) is 5.70 Å². The fourth-order valence-electron chi connectivity index (χ4n) is 1.73. The molecule has 0 spiro atoms. The minimum absolute atomic E-state index is 0.0393. The van der Waals surface area contributed by atoms with E-state index >= 15 is 0 Å². The molecule has 1 aliphatic rings. The summed E-state index contributed by atoms with van der Waals surface area (Å²) in [6.45, 7) is 3.42. The molecule has 0 radical (unpaired) electrons. The zero-order valence-electron chi connectivity index (χ0n) is 9.86. The van der Waals surface area contributed by atoms with Gasteiger partial charge >= 0.3 is 12.2 Å². The zero-order valence-corrected chi connectivity index (χ0v) is 9.86. The third-order valence-electron chi connectivity index (χ3n) is 2.73. The molecule has 4 nitrogen and oxygen atoms in total. The number of imide groups is 1. The first kappa shape index (κ1) is 13.1. The number of nitrogens with zero attached hydrogens (tertiary/aromatic N) is 2. The number of anilines is 1. The Balaban J connectivity index is 2.46. The van der Waals surface area contributed by atoms with Gasteiger partial charge in [0.05, 0.1) is 11.3 Å². The van der Waals surface area contributed by atoms with E-state index in [2.05, 4.69) is 6.58 Å². The van der Waals surface area contributed by atoms with Gasteiger partial charge in [-0.05, 0) is 18.2 Å². The number of alkyl halides is 3. The fraction of sp³-hybridized carbons (Fsp3) is 0.167. The molecule has 1 aliphatic heterocycles. The van der Waals surface area contributed by atoms with Crippen molar-refractivity contribution in [2.45, 2.75) is 6.18 Å². The number of halogens is 3. The Morgan fingerprint density at radius 1 is 1.21 bits per heavy atom. The van der Waals surface area contributed by atoms with Crippen molar-refractivity contribution in [3.63, 3.8) is 0 Å². The minimum atomic E-state index is -4.52. The Bertz CT molecular complexity index is 581. The molecule has 0 aliphatic carbocycles. The summed E-state index contributed by atoms with van der Waals surface area (Å²) in [5.41, 5.74) is -1.11. The van der Waals surface area contributed by atoms with Crippen LogP contribution in [0.4, 0.5) is 23.7 Å². The second-order valence-corrected chi connectivity index (χ2v) is 3.98. The third kappa shape index (κ3) is 2.07. The number of amides is 3. The van der Waals surface area contributed by atoms with E-state index in [9.17, 15) is 22.8 Å². The van der Waals surface area contributed by atoms with E-state index in [1.54, 1.807) is 0 Å². The van der Waals surface area contributed by atoms with Crippen LogP contribution in [0.5, 0.6) is 0 Å². The molecule has 2 rings (SSSR count). The first-order valence-electron chi connectivity index (χ1n) is 5.22. The number of carbonyl (C=O) groups is 2. The van der Waals surface area contributed by atoms with Crippen LogP contribution >= 0.6 is 0 Å². The number of rotatable bonds is 1. The molecule has 3 amide bonds. The lowest BCUT2D eigenvalue weighted by atomic mass is 10.2. The average Bonchev–Trinajstić information content (AvgIpc) is 2.53. The van der Waals surface area contributed by atoms with Crippen LogP contribution in [0.1, 0.15) is 5.56 Å². The molecule has 1 saturated heterocycles. The number of hydrogen-bond acceptors (Lipinski definition) is 2. The summed E-state index contributed by atoms with van der Waals surface area (Å²) in [6.07, 6.45) is -4.52. The molecule has 0 atom stereocenters. The quantitative estimate of drug-likeness (QED) is 0.581. The molecular formula is C12H9F3N2O2. The topological polar surface area (TPSA) is 40.6 Å². The smallest absolute Gasteiger partial charge is 0.267 e. The lowest BCUT2D eigenvalue weighted by molar-refractivity contribution is -0.137. The van der Waals surface area contributed by atoms with Crippen LogP contribution in [0.25, 0.3) is 0 Å². The molecule has 0 saturated carbocycles. The van der Waals surface area contributed by atoms with Gasteiger partial charge in [-0.3, -0.25) is 14.6 Å². The van der Waals surface area contributed by atoms with Crippen molar-refractivity contribution in [1.29, 1.82) is 0 Å². The van der Waals surface area contributed by atoms with Gasteiger partial charge in [-0.15, -0.1) is 0 Å². The molecule has 0 N–H and O–H groups in total. The summed E-state index contributed by atoms with van der Waals surface area (Å²) in [4.78, 5) is 25.0. The molecule has 0 unspecified atom stereocenters. The van der Waals surface area contributed by atoms with E-state index in [4.69, 9.17) is 0 Å². The maximum Gasteiger partial charge on any atom is 0.416 e. The molecule has 1 fully saturated rings. The maximum absolute atomic E-state index is 12.6. The number of carbonyl (C=O) groups excluding carboxylic acids is 2. The standard InChI is InChI=1S/C12H9F3N2O2/c1-7-10(18)16(2)11(19)17(7)9-5-3-4-8(6-9)12(13,14)15/h3-6H,1H2,2H3. The Morgan fingerprint density at radius 2 is 1.84 bits per heavy atom. The van der Waals surface area contributed by atoms with Gasteiger partial charge in [-0.2, -0.15) is 13.2 Å². The first-order valence-corrected chi connectivity index (χ1v) is 5.22. The molecule has 100 valence electrons. The monoisotopic (exact) mass is 270 g/mol. The molecule has 19 heavy (non-hydrogen) atoms. The van der Waals surface area contributed by atoms with Crippen molar-refractivity contribution < 1.29 is 22.8 Å². The van der Waals surface area contributed by atoms with E-state index in [0.717, 1.165) is 21.9 Å². The highest BCUT2D eigenvalue weighted by Crippen LogP contribution is 2.34. The third-order valence-corrected chi connectivity index (χ3v) is 2.73. The molecule has 1 aromatic rings. The van der Waals surface area contributed by atoms with Gasteiger partial charge < -0.3 is 0 Å². The van der Waals surface area contributed by atoms with Crippen LogP contribution < -0.4 is 4.90 Å². The summed E-state index contributed by atoms with van der Waals surface area (Å²) in [7, 11) is 1.24. The molecule has 1 heterocycles. The average molecular weight is 270 g/mol. The van der Waals surface area contributed by atoms with Crippen LogP contribution in [0, 0.1) is 0 Å². The predicted molar refractivity (Wildman–Crippen MR) is 61.2 cm³/mol. The lowest BCUT2D eigenvalue weighted by Crippen LogP contribution is -2.29. The second-order valence-electron chi connectivity index (χ2n) is 3.98. The van der Waals surface area contributed by atoms with Gasteiger partial charge in [0.2, 0.25) is 0 Å². The summed E-state index contributed by atoms with van der Waals surface area (Å²) in [5.74, 6) is -0.637. The van der Waals surface area contributed by atoms with Crippen molar-refractivity contribution >= 4 is 17.6 Å². The highest BCUT2D eigenvalue weighted by atomic mass is 19.4. The number of urea groups is 1. The largest absolute Gasteiger partial charge is 0.416 e. The fourth-order valence-corrected chi connectivity index (χ4v) is 1.73. The lowest BCUT2D eigenvalue weighted by Gasteiger charge is -2.17. The maximum atomic E-state index is 12.6. The minimum Gasteiger partial charge on any atom is -0.267 e. The summed E-state index contributed by atoms with van der Waals surface area (Å²) < 4.78 is 37.8. The number of likely N-dealkylation sites (N-methyl/N-ethyl adjacent to an activating group) is 1. The van der Waals surface area contributed by atoms with Gasteiger partial charge in [0, 0.05) is 7.05 Å². The van der Waals surface area contributed by atoms with Crippen LogP contribution in [0.2, 0.25) is 0 Å². The Hall–Kier alpha value is -2.31. The number of benzene rings is 1. The van der Waals surface area contributed by atoms with E-state index in [1.165, 1.54) is 19.2 Å². The first-order chi connectivity index (χ1) is 8.73. The Kier molecular flexibility index (Phi) is 2.84. The van der Waals surface area contributed by atoms with Crippen molar-refractivity contribution in [2.75, 3.05) is 11.9 Å². The number of hydrogen-bond donors (Lipinski definition) is 0. The van der Waals surface area contributed by atoms with E-state index < -0.39 is 23.7 Å². The second kappa shape index (κ2) is 4.11. The van der Waals surface area contributed by atoms with Crippen LogP contribution in [-0.2, 0) is 11.0 Å². The highest BCUT2D eigenvalue weighted by Gasteiger charge is 2.39. The molecule has 0 bridgehead atoms. The molecule has 1 aromatic carbocycles. The Morgan fingerprint density at radius 3 is 2.32 bits per heavy atom. The van der Waals surface area contributed by atoms with Crippen molar-refractivity contribution in [3.8, 4) is 0 Å². The van der Waals surface area contributed by atoms with Gasteiger partial charge in [-0.25, -0.2) is 4.79 Å². The van der Waals surface area contributed by atoms with Crippen LogP contribution in [0.3, 0.4) is 0 Å². The predicted octanol–water partition coefficient (Wildman–Crippen LogP) is 2.62. The summed E-state index contributed by atoms with van der Waals surface area (Å²) >= 11 is 0. The van der Waals surface area contributed by atoms with Crippen LogP contribution in [0.15, 0.2) is 36.5 Å². The normalized spacial score (nSPS) is 16.5. The Labute approximate surface area is 106 Å².